The summed E-state index contributed by atoms with van der Waals surface area (Å²) in [4.78, 5) is 13.9. The molecule has 5 N–H and O–H groups in total. The van der Waals surface area contributed by atoms with Gasteiger partial charge in [0.05, 0.1) is 11.6 Å². The smallest absolute Gasteiger partial charge is 0.186 e. The predicted octanol–water partition coefficient (Wildman–Crippen LogP) is 4.76. The number of guanidine groups is 1. The maximum Gasteiger partial charge on any atom is 0.186 e. The van der Waals surface area contributed by atoms with Gasteiger partial charge >= 0.3 is 0 Å². The van der Waals surface area contributed by atoms with Crippen molar-refractivity contribution in [3.8, 4) is 0 Å². The third-order valence-electron chi connectivity index (χ3n) is 5.48. The number of hydrogen-bond donors (Lipinski definition) is 3. The van der Waals surface area contributed by atoms with Gasteiger partial charge in [0.25, 0.3) is 0 Å². The average molecular weight is 435 g/mol. The minimum atomic E-state index is 0.148. The molecule has 3 aromatic rings. The van der Waals surface area contributed by atoms with Crippen molar-refractivity contribution in [3.63, 3.8) is 0 Å². The Hall–Kier alpha value is -3.12. The average Bonchev–Trinajstić information content (AvgIpc) is 2.73. The molecule has 0 unspecified atom stereocenters. The van der Waals surface area contributed by atoms with Gasteiger partial charge in [-0.3, -0.25) is 4.99 Å². The number of nitrogens with one attached hydrogen (secondary N) is 1. The molecule has 1 aliphatic carbocycles. The van der Waals surface area contributed by atoms with Gasteiger partial charge in [-0.1, -0.05) is 41.4 Å². The van der Waals surface area contributed by atoms with E-state index >= 15 is 0 Å². The number of fused-ring (bicyclic) bond motifs is 1. The number of nitrogens with two attached hydrogens (primary N) is 2. The molecule has 1 aliphatic rings. The van der Waals surface area contributed by atoms with Crippen LogP contribution in [0, 0.1) is 6.92 Å². The number of aryl methyl sites for hydroxylation is 1. The first kappa shape index (κ1) is 21.1. The first-order valence-electron chi connectivity index (χ1n) is 10.5. The normalized spacial score (nSPS) is 18.9. The van der Waals surface area contributed by atoms with E-state index in [1.807, 2.05) is 42.5 Å². The van der Waals surface area contributed by atoms with Crippen molar-refractivity contribution in [2.24, 2.45) is 16.5 Å². The summed E-state index contributed by atoms with van der Waals surface area (Å²) in [6.07, 6.45) is 7.94. The second-order valence-electron chi connectivity index (χ2n) is 8.05. The number of aliphatic imine (C=N–C) groups is 1. The topological polar surface area (TPSA) is 102 Å². The minimum Gasteiger partial charge on any atom is -0.370 e. The molecule has 0 saturated heterocycles. The third-order valence-corrected chi connectivity index (χ3v) is 5.73. The Balaban J connectivity index is 1.63. The molecule has 2 aromatic carbocycles. The van der Waals surface area contributed by atoms with Crippen LogP contribution in [0.2, 0.25) is 5.02 Å². The van der Waals surface area contributed by atoms with Gasteiger partial charge in [-0.05, 0) is 68.5 Å². The fraction of sp³-hybridized carbons (Fsp3) is 0.292. The second kappa shape index (κ2) is 9.35. The third kappa shape index (κ3) is 5.52. The summed E-state index contributed by atoms with van der Waals surface area (Å²) < 4.78 is 0. The van der Waals surface area contributed by atoms with Crippen LogP contribution in [0.1, 0.15) is 42.6 Å². The number of nitrogens with zero attached hydrogens (tertiary/aromatic N) is 3. The largest absolute Gasteiger partial charge is 0.370 e. The maximum atomic E-state index is 5.98. The molecular weight excluding hydrogens is 408 g/mol. The highest BCUT2D eigenvalue weighted by Gasteiger charge is 2.22. The zero-order chi connectivity index (χ0) is 21.8. The molecule has 1 aromatic heterocycles. The Morgan fingerprint density at radius 2 is 1.90 bits per heavy atom. The van der Waals surface area contributed by atoms with E-state index in [1.165, 1.54) is 5.56 Å². The second-order valence-corrected chi connectivity index (χ2v) is 8.49. The zero-order valence-electron chi connectivity index (χ0n) is 17.6. The standard InChI is InChI=1S/C24H27ClN6/c1-15-5-11-21-20(13-15)23(28-18-3-2-4-19(14-18)29-24(26)27)31-22(30-21)12-8-16-6-9-17(25)10-7-16/h5-13,18-19H,2-4,14H2,1H3,(H4,26,27,29)(H,28,30,31)/t18-,19+/m0/s1. The molecule has 160 valence electrons. The van der Waals surface area contributed by atoms with Crippen molar-refractivity contribution in [2.45, 2.75) is 44.7 Å². The van der Waals surface area contributed by atoms with Crippen molar-refractivity contribution >= 4 is 46.4 Å². The van der Waals surface area contributed by atoms with Crippen molar-refractivity contribution in [2.75, 3.05) is 5.32 Å². The minimum absolute atomic E-state index is 0.148. The molecule has 2 atom stereocenters. The number of anilines is 1. The molecule has 0 bridgehead atoms. The number of hydrogen-bond acceptors (Lipinski definition) is 4. The highest BCUT2D eigenvalue weighted by molar-refractivity contribution is 6.30. The Bertz CT molecular complexity index is 1120. The lowest BCUT2D eigenvalue weighted by Gasteiger charge is -2.28. The molecule has 0 spiro atoms. The lowest BCUT2D eigenvalue weighted by Crippen LogP contribution is -2.32. The first-order valence-corrected chi connectivity index (χ1v) is 10.9. The van der Waals surface area contributed by atoms with Gasteiger partial charge in [0.1, 0.15) is 5.82 Å². The molecule has 7 heteroatoms. The van der Waals surface area contributed by atoms with E-state index in [0.717, 1.165) is 48.0 Å². The molecular formula is C24H27ClN6. The van der Waals surface area contributed by atoms with Crippen LogP contribution < -0.4 is 16.8 Å². The summed E-state index contributed by atoms with van der Waals surface area (Å²) in [5.41, 5.74) is 14.3. The van der Waals surface area contributed by atoms with Gasteiger partial charge in [-0.25, -0.2) is 9.97 Å². The quantitative estimate of drug-likeness (QED) is 0.397. The monoisotopic (exact) mass is 434 g/mol. The Kier molecular flexibility index (Phi) is 6.37. The predicted molar refractivity (Wildman–Crippen MR) is 130 cm³/mol. The van der Waals surface area contributed by atoms with Crippen LogP contribution in [0.15, 0.2) is 47.5 Å². The summed E-state index contributed by atoms with van der Waals surface area (Å²) in [6.45, 7) is 2.08. The summed E-state index contributed by atoms with van der Waals surface area (Å²) in [7, 11) is 0. The van der Waals surface area contributed by atoms with Crippen molar-refractivity contribution in [1.29, 1.82) is 0 Å². The lowest BCUT2D eigenvalue weighted by molar-refractivity contribution is 0.410. The first-order chi connectivity index (χ1) is 15.0. The van der Waals surface area contributed by atoms with Crippen LogP contribution in [0.3, 0.4) is 0 Å². The van der Waals surface area contributed by atoms with Crippen molar-refractivity contribution in [3.05, 3.63) is 64.4 Å². The van der Waals surface area contributed by atoms with E-state index in [-0.39, 0.29) is 18.0 Å². The van der Waals surface area contributed by atoms with E-state index in [9.17, 15) is 0 Å². The molecule has 6 nitrogen and oxygen atoms in total. The van der Waals surface area contributed by atoms with Crippen LogP contribution in [0.25, 0.3) is 23.1 Å². The van der Waals surface area contributed by atoms with E-state index in [2.05, 4.69) is 29.4 Å². The molecule has 4 rings (SSSR count). The van der Waals surface area contributed by atoms with Gasteiger partial charge in [0.2, 0.25) is 0 Å². The Labute approximate surface area is 187 Å². The zero-order valence-corrected chi connectivity index (χ0v) is 18.3. The molecule has 31 heavy (non-hydrogen) atoms. The van der Waals surface area contributed by atoms with Crippen molar-refractivity contribution < 1.29 is 0 Å². The van der Waals surface area contributed by atoms with Crippen LogP contribution in [-0.2, 0) is 0 Å². The summed E-state index contributed by atoms with van der Waals surface area (Å²) in [6, 6.07) is 14.3. The van der Waals surface area contributed by atoms with Crippen LogP contribution in [0.5, 0.6) is 0 Å². The Morgan fingerprint density at radius 1 is 1.10 bits per heavy atom. The Morgan fingerprint density at radius 3 is 2.68 bits per heavy atom. The van der Waals surface area contributed by atoms with E-state index in [0.29, 0.717) is 10.8 Å². The highest BCUT2D eigenvalue weighted by Crippen LogP contribution is 2.28. The van der Waals surface area contributed by atoms with Crippen molar-refractivity contribution in [1.82, 2.24) is 9.97 Å². The molecule has 0 radical (unpaired) electrons. The number of halogens is 1. The van der Waals surface area contributed by atoms with E-state index in [4.69, 9.17) is 33.0 Å². The van der Waals surface area contributed by atoms with Gasteiger partial charge in [-0.15, -0.1) is 0 Å². The summed E-state index contributed by atoms with van der Waals surface area (Å²) in [5, 5.41) is 5.38. The number of aromatic nitrogens is 2. The number of benzene rings is 2. The van der Waals surface area contributed by atoms with Gasteiger partial charge < -0.3 is 16.8 Å². The maximum absolute atomic E-state index is 5.98. The molecule has 0 aliphatic heterocycles. The lowest BCUT2D eigenvalue weighted by atomic mass is 9.91. The van der Waals surface area contributed by atoms with Crippen LogP contribution in [-0.4, -0.2) is 28.0 Å². The number of rotatable bonds is 5. The molecule has 1 heterocycles. The van der Waals surface area contributed by atoms with E-state index in [1.54, 1.807) is 0 Å². The van der Waals surface area contributed by atoms with Gasteiger partial charge in [0.15, 0.2) is 11.8 Å². The summed E-state index contributed by atoms with van der Waals surface area (Å²) >= 11 is 5.98. The fourth-order valence-electron chi connectivity index (χ4n) is 4.01. The molecule has 1 saturated carbocycles. The van der Waals surface area contributed by atoms with Gasteiger partial charge in [0, 0.05) is 16.5 Å². The van der Waals surface area contributed by atoms with Gasteiger partial charge in [-0.2, -0.15) is 0 Å². The van der Waals surface area contributed by atoms with Crippen LogP contribution >= 0.6 is 11.6 Å². The SMILES string of the molecule is Cc1ccc2nc(C=Cc3ccc(Cl)cc3)nc(N[C@H]3CCC[C@@H](N=C(N)N)C3)c2c1. The highest BCUT2D eigenvalue weighted by atomic mass is 35.5. The van der Waals surface area contributed by atoms with E-state index < -0.39 is 0 Å². The fourth-order valence-corrected chi connectivity index (χ4v) is 4.13. The van der Waals surface area contributed by atoms with Crippen LogP contribution in [0.4, 0.5) is 5.82 Å². The molecule has 0 amide bonds. The summed E-state index contributed by atoms with van der Waals surface area (Å²) in [5.74, 6) is 1.66. The molecule has 1 fully saturated rings.